The molecular weight excluding hydrogens is 374 g/mol. The summed E-state index contributed by atoms with van der Waals surface area (Å²) in [5.41, 5.74) is 4.49. The molecule has 6 heteroatoms. The summed E-state index contributed by atoms with van der Waals surface area (Å²) in [5.74, 6) is 1.68. The van der Waals surface area contributed by atoms with E-state index in [1.807, 2.05) is 35.0 Å². The van der Waals surface area contributed by atoms with Gasteiger partial charge in [-0.1, -0.05) is 60.7 Å². The number of aromatic nitrogens is 4. The lowest BCUT2D eigenvalue weighted by molar-refractivity contribution is -0.920. The molecule has 4 aromatic rings. The molecule has 1 aromatic heterocycles. The molecule has 0 spiro atoms. The van der Waals surface area contributed by atoms with Gasteiger partial charge in [0, 0.05) is 11.1 Å². The number of ether oxygens (including phenoxy) is 1. The largest absolute Gasteiger partial charge is 0.497 e. The van der Waals surface area contributed by atoms with E-state index in [0.29, 0.717) is 0 Å². The number of rotatable bonds is 7. The molecular formula is C24H26N5O+. The Hall–Kier alpha value is -3.51. The maximum absolute atomic E-state index is 5.40. The van der Waals surface area contributed by atoms with Crippen LogP contribution in [0.5, 0.6) is 5.75 Å². The van der Waals surface area contributed by atoms with Gasteiger partial charge in [-0.15, -0.1) is 5.10 Å². The third-order valence-electron chi connectivity index (χ3n) is 5.34. The van der Waals surface area contributed by atoms with E-state index >= 15 is 0 Å². The van der Waals surface area contributed by atoms with Crippen LogP contribution >= 0.6 is 0 Å². The molecule has 0 saturated carbocycles. The molecule has 1 heterocycles. The Morgan fingerprint density at radius 3 is 2.50 bits per heavy atom. The normalized spacial score (nSPS) is 13.0. The highest BCUT2D eigenvalue weighted by molar-refractivity contribution is 5.40. The van der Waals surface area contributed by atoms with Crippen LogP contribution in [0, 0.1) is 6.92 Å². The Labute approximate surface area is 176 Å². The summed E-state index contributed by atoms with van der Waals surface area (Å²) < 4.78 is 7.26. The van der Waals surface area contributed by atoms with Gasteiger partial charge in [0.05, 0.1) is 19.8 Å². The standard InChI is InChI=1S/C24H25N5O/c1-18-10-7-8-15-22(18)29-24(25-26-27-29)23(20-12-5-4-6-13-20)28(2)17-19-11-9-14-21(16-19)30-3/h4-16,23H,17H2,1-3H3/p+1/t23-/m1/s1. The van der Waals surface area contributed by atoms with Crippen molar-refractivity contribution in [2.75, 3.05) is 14.2 Å². The number of nitrogens with one attached hydrogen (secondary N) is 1. The minimum absolute atomic E-state index is 0.0352. The summed E-state index contributed by atoms with van der Waals surface area (Å²) >= 11 is 0. The molecule has 30 heavy (non-hydrogen) atoms. The predicted octanol–water partition coefficient (Wildman–Crippen LogP) is 2.78. The van der Waals surface area contributed by atoms with Crippen LogP contribution in [-0.4, -0.2) is 34.4 Å². The zero-order valence-corrected chi connectivity index (χ0v) is 17.5. The smallest absolute Gasteiger partial charge is 0.218 e. The highest BCUT2D eigenvalue weighted by atomic mass is 16.5. The first kappa shape index (κ1) is 19.8. The third kappa shape index (κ3) is 4.09. The molecule has 3 aromatic carbocycles. The van der Waals surface area contributed by atoms with Gasteiger partial charge >= 0.3 is 0 Å². The van der Waals surface area contributed by atoms with E-state index < -0.39 is 0 Å². The van der Waals surface area contributed by atoms with Gasteiger partial charge in [0.2, 0.25) is 5.82 Å². The quantitative estimate of drug-likeness (QED) is 0.518. The van der Waals surface area contributed by atoms with E-state index in [2.05, 4.69) is 78.0 Å². The summed E-state index contributed by atoms with van der Waals surface area (Å²) in [5, 5.41) is 12.8. The van der Waals surface area contributed by atoms with Gasteiger partial charge in [-0.05, 0) is 41.1 Å². The number of para-hydroxylation sites is 1. The van der Waals surface area contributed by atoms with E-state index in [0.717, 1.165) is 29.4 Å². The van der Waals surface area contributed by atoms with Crippen LogP contribution in [-0.2, 0) is 6.54 Å². The fourth-order valence-corrected chi connectivity index (χ4v) is 3.85. The van der Waals surface area contributed by atoms with Crippen molar-refractivity contribution in [3.63, 3.8) is 0 Å². The van der Waals surface area contributed by atoms with Crippen LogP contribution in [0.4, 0.5) is 0 Å². The molecule has 4 rings (SSSR count). The Morgan fingerprint density at radius 2 is 1.73 bits per heavy atom. The van der Waals surface area contributed by atoms with E-state index in [-0.39, 0.29) is 6.04 Å². The molecule has 1 N–H and O–H groups in total. The van der Waals surface area contributed by atoms with E-state index in [4.69, 9.17) is 4.74 Å². The van der Waals surface area contributed by atoms with Crippen molar-refractivity contribution in [3.8, 4) is 11.4 Å². The SMILES string of the molecule is COc1cccc(C[NH+](C)[C@H](c2ccccc2)c2nnnn2-c2ccccc2C)c1. The molecule has 0 amide bonds. The topological polar surface area (TPSA) is 57.3 Å². The average molecular weight is 401 g/mol. The van der Waals surface area contributed by atoms with Crippen molar-refractivity contribution >= 4 is 0 Å². The first-order valence-electron chi connectivity index (χ1n) is 10.0. The van der Waals surface area contributed by atoms with Crippen LogP contribution < -0.4 is 9.64 Å². The fraction of sp³-hybridized carbons (Fsp3) is 0.208. The predicted molar refractivity (Wildman–Crippen MR) is 116 cm³/mol. The van der Waals surface area contributed by atoms with Gasteiger partial charge in [0.25, 0.3) is 0 Å². The minimum Gasteiger partial charge on any atom is -0.497 e. The lowest BCUT2D eigenvalue weighted by atomic mass is 10.0. The number of quaternary nitrogens is 1. The van der Waals surface area contributed by atoms with Gasteiger partial charge in [-0.3, -0.25) is 0 Å². The molecule has 0 aliphatic rings. The lowest BCUT2D eigenvalue weighted by Crippen LogP contribution is -3.08. The van der Waals surface area contributed by atoms with Crippen molar-refractivity contribution in [2.45, 2.75) is 19.5 Å². The number of aryl methyl sites for hydroxylation is 1. The van der Waals surface area contributed by atoms with Gasteiger partial charge < -0.3 is 9.64 Å². The Balaban J connectivity index is 1.75. The number of hydrogen-bond donors (Lipinski definition) is 1. The molecule has 0 aliphatic heterocycles. The zero-order chi connectivity index (χ0) is 20.9. The van der Waals surface area contributed by atoms with E-state index in [1.165, 1.54) is 16.0 Å². The lowest BCUT2D eigenvalue weighted by Gasteiger charge is -2.25. The fourth-order valence-electron chi connectivity index (χ4n) is 3.85. The molecule has 2 atom stereocenters. The molecule has 0 fully saturated rings. The van der Waals surface area contributed by atoms with Crippen molar-refractivity contribution in [1.82, 2.24) is 20.2 Å². The second kappa shape index (κ2) is 8.88. The van der Waals surface area contributed by atoms with Crippen LogP contribution in [0.1, 0.15) is 28.6 Å². The number of nitrogens with zero attached hydrogens (tertiary/aromatic N) is 4. The first-order chi connectivity index (χ1) is 14.7. The van der Waals surface area contributed by atoms with Crippen molar-refractivity contribution in [2.24, 2.45) is 0 Å². The van der Waals surface area contributed by atoms with E-state index in [9.17, 15) is 0 Å². The van der Waals surface area contributed by atoms with Gasteiger partial charge in [0.15, 0.2) is 6.04 Å². The van der Waals surface area contributed by atoms with Crippen LogP contribution in [0.15, 0.2) is 78.9 Å². The molecule has 1 unspecified atom stereocenters. The highest BCUT2D eigenvalue weighted by Crippen LogP contribution is 2.21. The third-order valence-corrected chi connectivity index (χ3v) is 5.34. The summed E-state index contributed by atoms with van der Waals surface area (Å²) in [4.78, 5) is 1.26. The Morgan fingerprint density at radius 1 is 0.967 bits per heavy atom. The number of tetrazole rings is 1. The number of hydrogen-bond acceptors (Lipinski definition) is 4. The maximum Gasteiger partial charge on any atom is 0.218 e. The molecule has 0 saturated heterocycles. The van der Waals surface area contributed by atoms with Crippen LogP contribution in [0.2, 0.25) is 0 Å². The number of benzene rings is 3. The summed E-state index contributed by atoms with van der Waals surface area (Å²) in [6.07, 6.45) is 0. The Bertz CT molecular complexity index is 1110. The van der Waals surface area contributed by atoms with Crippen LogP contribution in [0.25, 0.3) is 5.69 Å². The molecule has 0 aliphatic carbocycles. The summed E-state index contributed by atoms with van der Waals surface area (Å²) in [7, 11) is 3.87. The minimum atomic E-state index is -0.0352. The second-order valence-corrected chi connectivity index (χ2v) is 7.45. The van der Waals surface area contributed by atoms with Gasteiger partial charge in [0.1, 0.15) is 12.3 Å². The first-order valence-corrected chi connectivity index (χ1v) is 10.0. The van der Waals surface area contributed by atoms with Crippen LogP contribution in [0.3, 0.4) is 0 Å². The average Bonchev–Trinajstić information content (AvgIpc) is 3.24. The monoisotopic (exact) mass is 400 g/mol. The highest BCUT2D eigenvalue weighted by Gasteiger charge is 2.30. The summed E-state index contributed by atoms with van der Waals surface area (Å²) in [6.45, 7) is 2.88. The molecule has 0 bridgehead atoms. The van der Waals surface area contributed by atoms with E-state index in [1.54, 1.807) is 7.11 Å². The Kier molecular flexibility index (Phi) is 5.86. The van der Waals surface area contributed by atoms with Crippen molar-refractivity contribution in [3.05, 3.63) is 101 Å². The number of methoxy groups -OCH3 is 1. The molecule has 0 radical (unpaired) electrons. The second-order valence-electron chi connectivity index (χ2n) is 7.45. The van der Waals surface area contributed by atoms with Crippen molar-refractivity contribution < 1.29 is 9.64 Å². The maximum atomic E-state index is 5.40. The van der Waals surface area contributed by atoms with Gasteiger partial charge in [-0.25, -0.2) is 0 Å². The molecule has 152 valence electrons. The van der Waals surface area contributed by atoms with Gasteiger partial charge in [-0.2, -0.15) is 4.68 Å². The zero-order valence-electron chi connectivity index (χ0n) is 17.5. The molecule has 6 nitrogen and oxygen atoms in total. The van der Waals surface area contributed by atoms with Crippen molar-refractivity contribution in [1.29, 1.82) is 0 Å². The summed E-state index contributed by atoms with van der Waals surface area (Å²) in [6, 6.07) is 26.7.